The normalized spacial score (nSPS) is 20.2. The molecule has 4 heteroatoms. The van der Waals surface area contributed by atoms with E-state index in [1.807, 2.05) is 0 Å². The van der Waals surface area contributed by atoms with Crippen molar-refractivity contribution in [2.75, 3.05) is 6.61 Å². The number of allylic oxidation sites excluding steroid dienone is 2. The largest absolute Gasteiger partial charge is 0.461 e. The van der Waals surface area contributed by atoms with Gasteiger partial charge in [0.15, 0.2) is 5.78 Å². The molecule has 22 heavy (non-hydrogen) atoms. The molecule has 0 amide bonds. The molecule has 0 unspecified atom stereocenters. The molecule has 1 aromatic heterocycles. The minimum Gasteiger partial charge on any atom is -0.461 e. The fraction of sp³-hybridized carbons (Fsp3) is 0.500. The summed E-state index contributed by atoms with van der Waals surface area (Å²) in [5, 5.41) is 0. The van der Waals surface area contributed by atoms with E-state index in [0.717, 1.165) is 17.7 Å². The van der Waals surface area contributed by atoms with Crippen molar-refractivity contribution in [1.82, 2.24) is 4.98 Å². The van der Waals surface area contributed by atoms with Gasteiger partial charge in [-0.25, -0.2) is 9.78 Å². The SMILES string of the molecule is CCOC(=O)c1ccc2c(n1)CCC(=CC1CCCC1)C2=O. The maximum atomic E-state index is 12.6. The average Bonchev–Trinajstić information content (AvgIpc) is 3.03. The van der Waals surface area contributed by atoms with Gasteiger partial charge in [-0.1, -0.05) is 18.9 Å². The van der Waals surface area contributed by atoms with E-state index in [4.69, 9.17) is 4.74 Å². The summed E-state index contributed by atoms with van der Waals surface area (Å²) in [5.74, 6) is 0.216. The molecular formula is C18H21NO3. The van der Waals surface area contributed by atoms with Gasteiger partial charge < -0.3 is 4.74 Å². The Kier molecular flexibility index (Phi) is 4.36. The Labute approximate surface area is 130 Å². The number of pyridine rings is 1. The van der Waals surface area contributed by atoms with Gasteiger partial charge >= 0.3 is 5.97 Å². The second-order valence-corrected chi connectivity index (χ2v) is 5.98. The van der Waals surface area contributed by atoms with Gasteiger partial charge in [0.05, 0.1) is 12.3 Å². The van der Waals surface area contributed by atoms with E-state index in [1.54, 1.807) is 19.1 Å². The topological polar surface area (TPSA) is 56.3 Å². The van der Waals surface area contributed by atoms with E-state index in [1.165, 1.54) is 25.7 Å². The first-order chi connectivity index (χ1) is 10.7. The van der Waals surface area contributed by atoms with Crippen molar-refractivity contribution in [2.45, 2.75) is 45.4 Å². The van der Waals surface area contributed by atoms with Crippen molar-refractivity contribution in [1.29, 1.82) is 0 Å². The Bertz CT molecular complexity index is 627. The Morgan fingerprint density at radius 3 is 2.82 bits per heavy atom. The van der Waals surface area contributed by atoms with E-state index in [2.05, 4.69) is 11.1 Å². The second-order valence-electron chi connectivity index (χ2n) is 5.98. The molecule has 2 aliphatic rings. The van der Waals surface area contributed by atoms with Crippen molar-refractivity contribution >= 4 is 11.8 Å². The Hall–Kier alpha value is -1.97. The third-order valence-electron chi connectivity index (χ3n) is 4.46. The van der Waals surface area contributed by atoms with Crippen LogP contribution in [-0.4, -0.2) is 23.3 Å². The fourth-order valence-electron chi connectivity index (χ4n) is 3.32. The molecule has 1 heterocycles. The maximum absolute atomic E-state index is 12.6. The van der Waals surface area contributed by atoms with Gasteiger partial charge in [0.1, 0.15) is 5.69 Å². The zero-order valence-corrected chi connectivity index (χ0v) is 12.9. The number of ether oxygens (including phenoxy) is 1. The summed E-state index contributed by atoms with van der Waals surface area (Å²) in [6.45, 7) is 2.09. The summed E-state index contributed by atoms with van der Waals surface area (Å²) in [5.41, 5.74) is 2.57. The van der Waals surface area contributed by atoms with E-state index in [-0.39, 0.29) is 11.5 Å². The molecule has 2 aliphatic carbocycles. The summed E-state index contributed by atoms with van der Waals surface area (Å²) in [4.78, 5) is 28.6. The highest BCUT2D eigenvalue weighted by atomic mass is 16.5. The lowest BCUT2D eigenvalue weighted by Crippen LogP contribution is -2.18. The predicted octanol–water partition coefficient (Wildman–Crippen LogP) is 3.50. The number of aryl methyl sites for hydroxylation is 1. The molecule has 0 aliphatic heterocycles. The molecule has 0 N–H and O–H groups in total. The molecule has 0 radical (unpaired) electrons. The zero-order chi connectivity index (χ0) is 15.5. The molecule has 1 aromatic rings. The molecule has 3 rings (SSSR count). The number of nitrogens with zero attached hydrogens (tertiary/aromatic N) is 1. The van der Waals surface area contributed by atoms with Crippen LogP contribution in [0.1, 0.15) is 65.6 Å². The molecule has 0 atom stereocenters. The van der Waals surface area contributed by atoms with Gasteiger partial charge in [-0.05, 0) is 56.2 Å². The number of ketones is 1. The summed E-state index contributed by atoms with van der Waals surface area (Å²) < 4.78 is 4.96. The fourth-order valence-corrected chi connectivity index (χ4v) is 3.32. The number of esters is 1. The lowest BCUT2D eigenvalue weighted by atomic mass is 9.87. The van der Waals surface area contributed by atoms with Crippen LogP contribution in [0, 0.1) is 5.92 Å². The minimum absolute atomic E-state index is 0.0797. The van der Waals surface area contributed by atoms with Crippen LogP contribution in [0.5, 0.6) is 0 Å². The first-order valence-electron chi connectivity index (χ1n) is 8.11. The quantitative estimate of drug-likeness (QED) is 0.633. The van der Waals surface area contributed by atoms with Crippen LogP contribution >= 0.6 is 0 Å². The highest BCUT2D eigenvalue weighted by molar-refractivity contribution is 6.10. The van der Waals surface area contributed by atoms with Crippen molar-refractivity contribution in [3.05, 3.63) is 40.7 Å². The number of Topliss-reactive ketones (excluding diaryl/α,β-unsaturated/α-hetero) is 1. The predicted molar refractivity (Wildman–Crippen MR) is 82.9 cm³/mol. The van der Waals surface area contributed by atoms with Crippen LogP contribution in [-0.2, 0) is 11.2 Å². The van der Waals surface area contributed by atoms with E-state index >= 15 is 0 Å². The summed E-state index contributed by atoms with van der Waals surface area (Å²) in [6, 6.07) is 3.31. The number of fused-ring (bicyclic) bond motifs is 1. The Morgan fingerprint density at radius 2 is 2.09 bits per heavy atom. The molecule has 1 fully saturated rings. The standard InChI is InChI=1S/C18H21NO3/c1-2-22-18(21)16-10-8-14-15(19-16)9-7-13(17(14)20)11-12-5-3-4-6-12/h8,10-12H,2-7,9H2,1H3. The van der Waals surface area contributed by atoms with E-state index in [0.29, 0.717) is 24.5 Å². The van der Waals surface area contributed by atoms with Gasteiger partial charge in [-0.2, -0.15) is 0 Å². The number of carbonyl (C=O) groups excluding carboxylic acids is 2. The van der Waals surface area contributed by atoms with E-state index in [9.17, 15) is 9.59 Å². The first kappa shape index (κ1) is 14.9. The number of rotatable bonds is 3. The smallest absolute Gasteiger partial charge is 0.356 e. The molecule has 1 saturated carbocycles. The number of hydrogen-bond donors (Lipinski definition) is 0. The van der Waals surface area contributed by atoms with Crippen LogP contribution < -0.4 is 0 Å². The maximum Gasteiger partial charge on any atom is 0.356 e. The molecule has 0 bridgehead atoms. The first-order valence-corrected chi connectivity index (χ1v) is 8.11. The summed E-state index contributed by atoms with van der Waals surface area (Å²) in [7, 11) is 0. The Morgan fingerprint density at radius 1 is 1.32 bits per heavy atom. The summed E-state index contributed by atoms with van der Waals surface area (Å²) >= 11 is 0. The van der Waals surface area contributed by atoms with Crippen LogP contribution in [0.3, 0.4) is 0 Å². The van der Waals surface area contributed by atoms with Gasteiger partial charge in [-0.3, -0.25) is 4.79 Å². The third kappa shape index (κ3) is 2.96. The highest BCUT2D eigenvalue weighted by Gasteiger charge is 2.25. The minimum atomic E-state index is -0.426. The van der Waals surface area contributed by atoms with Crippen molar-refractivity contribution in [2.24, 2.45) is 5.92 Å². The molecule has 4 nitrogen and oxygen atoms in total. The second kappa shape index (κ2) is 6.42. The van der Waals surface area contributed by atoms with Crippen molar-refractivity contribution in [3.63, 3.8) is 0 Å². The van der Waals surface area contributed by atoms with Gasteiger partial charge in [0, 0.05) is 5.56 Å². The molecule has 0 spiro atoms. The van der Waals surface area contributed by atoms with Crippen LogP contribution in [0.2, 0.25) is 0 Å². The lowest BCUT2D eigenvalue weighted by molar-refractivity contribution is 0.0518. The lowest BCUT2D eigenvalue weighted by Gasteiger charge is -2.18. The molecule has 0 saturated heterocycles. The monoisotopic (exact) mass is 299 g/mol. The number of hydrogen-bond acceptors (Lipinski definition) is 4. The number of aromatic nitrogens is 1. The molecule has 116 valence electrons. The van der Waals surface area contributed by atoms with E-state index < -0.39 is 5.97 Å². The average molecular weight is 299 g/mol. The van der Waals surface area contributed by atoms with Crippen LogP contribution in [0.15, 0.2) is 23.8 Å². The van der Waals surface area contributed by atoms with Gasteiger partial charge in [0.25, 0.3) is 0 Å². The summed E-state index contributed by atoms with van der Waals surface area (Å²) in [6.07, 6.45) is 8.55. The van der Waals surface area contributed by atoms with Crippen molar-refractivity contribution in [3.8, 4) is 0 Å². The highest BCUT2D eigenvalue weighted by Crippen LogP contribution is 2.31. The van der Waals surface area contributed by atoms with Crippen LogP contribution in [0.4, 0.5) is 0 Å². The van der Waals surface area contributed by atoms with Crippen LogP contribution in [0.25, 0.3) is 0 Å². The van der Waals surface area contributed by atoms with Gasteiger partial charge in [-0.15, -0.1) is 0 Å². The molecular weight excluding hydrogens is 278 g/mol. The van der Waals surface area contributed by atoms with Crippen molar-refractivity contribution < 1.29 is 14.3 Å². The zero-order valence-electron chi connectivity index (χ0n) is 12.9. The van der Waals surface area contributed by atoms with Gasteiger partial charge in [0.2, 0.25) is 0 Å². The third-order valence-corrected chi connectivity index (χ3v) is 4.46. The number of carbonyl (C=O) groups is 2. The molecule has 0 aromatic carbocycles. The Balaban J connectivity index is 1.83.